The Morgan fingerprint density at radius 2 is 2.11 bits per heavy atom. The lowest BCUT2D eigenvalue weighted by atomic mass is 9.96. The Morgan fingerprint density at radius 1 is 1.32 bits per heavy atom. The standard InChI is InChI=1S/C19H23N5O4/c1-27-15-6-2-13(3-7-15)17-18(28-12-16(25)24(17)14-4-5-14)19(26)20-8-10-23-11-9-21-22-23/h2-3,6-7,9,11,14,17-18H,4-5,8,10,12H2,1H3,(H,20,26)/t17-,18+/m1/s1. The number of benzene rings is 1. The molecule has 1 saturated heterocycles. The van der Waals surface area contributed by atoms with Crippen LogP contribution in [-0.2, 0) is 20.9 Å². The monoisotopic (exact) mass is 385 g/mol. The zero-order valence-electron chi connectivity index (χ0n) is 15.7. The second-order valence-electron chi connectivity index (χ2n) is 6.94. The molecule has 2 heterocycles. The molecular formula is C19H23N5O4. The van der Waals surface area contributed by atoms with E-state index in [0.29, 0.717) is 13.1 Å². The van der Waals surface area contributed by atoms with Gasteiger partial charge in [0, 0.05) is 18.8 Å². The largest absolute Gasteiger partial charge is 0.497 e. The van der Waals surface area contributed by atoms with Crippen molar-refractivity contribution in [3.63, 3.8) is 0 Å². The van der Waals surface area contributed by atoms with Gasteiger partial charge in [-0.1, -0.05) is 17.3 Å². The van der Waals surface area contributed by atoms with Crippen molar-refractivity contribution in [3.8, 4) is 5.75 Å². The van der Waals surface area contributed by atoms with Gasteiger partial charge in [0.15, 0.2) is 6.10 Å². The van der Waals surface area contributed by atoms with E-state index < -0.39 is 12.1 Å². The number of hydrogen-bond donors (Lipinski definition) is 1. The van der Waals surface area contributed by atoms with Gasteiger partial charge >= 0.3 is 0 Å². The van der Waals surface area contributed by atoms with Crippen molar-refractivity contribution in [1.29, 1.82) is 0 Å². The second-order valence-corrected chi connectivity index (χ2v) is 6.94. The number of amides is 2. The van der Waals surface area contributed by atoms with Crippen molar-refractivity contribution in [1.82, 2.24) is 25.2 Å². The van der Waals surface area contributed by atoms with Crippen molar-refractivity contribution in [2.45, 2.75) is 37.6 Å². The summed E-state index contributed by atoms with van der Waals surface area (Å²) in [5.74, 6) is 0.410. The third kappa shape index (κ3) is 3.84. The first-order chi connectivity index (χ1) is 13.7. The third-order valence-electron chi connectivity index (χ3n) is 5.03. The van der Waals surface area contributed by atoms with Crippen LogP contribution in [0.15, 0.2) is 36.7 Å². The maximum Gasteiger partial charge on any atom is 0.251 e. The van der Waals surface area contributed by atoms with Crippen LogP contribution in [0, 0.1) is 0 Å². The number of carbonyl (C=O) groups excluding carboxylic acids is 2. The van der Waals surface area contributed by atoms with E-state index in [1.165, 1.54) is 0 Å². The minimum Gasteiger partial charge on any atom is -0.497 e. The fraction of sp³-hybridized carbons (Fsp3) is 0.474. The topological polar surface area (TPSA) is 98.6 Å². The fourth-order valence-corrected chi connectivity index (χ4v) is 3.51. The van der Waals surface area contributed by atoms with E-state index >= 15 is 0 Å². The molecule has 1 aromatic heterocycles. The Bertz CT molecular complexity index is 819. The van der Waals surface area contributed by atoms with E-state index in [-0.39, 0.29) is 24.5 Å². The van der Waals surface area contributed by atoms with Gasteiger partial charge in [-0.15, -0.1) is 5.10 Å². The Labute approximate surface area is 162 Å². The molecule has 1 aliphatic carbocycles. The Balaban J connectivity index is 1.52. The summed E-state index contributed by atoms with van der Waals surface area (Å²) in [7, 11) is 1.60. The molecule has 2 atom stereocenters. The van der Waals surface area contributed by atoms with E-state index in [0.717, 1.165) is 24.2 Å². The number of carbonyl (C=O) groups is 2. The number of nitrogens with zero attached hydrogens (tertiary/aromatic N) is 4. The summed E-state index contributed by atoms with van der Waals surface area (Å²) in [6, 6.07) is 7.16. The van der Waals surface area contributed by atoms with E-state index in [9.17, 15) is 9.59 Å². The lowest BCUT2D eigenvalue weighted by Gasteiger charge is -2.40. The van der Waals surface area contributed by atoms with Gasteiger partial charge in [-0.05, 0) is 30.5 Å². The van der Waals surface area contributed by atoms with Crippen molar-refractivity contribution in [2.75, 3.05) is 20.3 Å². The molecule has 1 aromatic carbocycles. The summed E-state index contributed by atoms with van der Waals surface area (Å²) < 4.78 is 12.6. The van der Waals surface area contributed by atoms with Crippen LogP contribution in [0.5, 0.6) is 5.75 Å². The molecule has 4 rings (SSSR count). The number of ether oxygens (including phenoxy) is 2. The molecule has 9 nitrogen and oxygen atoms in total. The van der Waals surface area contributed by atoms with Crippen LogP contribution in [0.4, 0.5) is 0 Å². The predicted octanol–water partition coefficient (Wildman–Crippen LogP) is 0.534. The van der Waals surface area contributed by atoms with Gasteiger partial charge in [0.05, 0.1) is 25.9 Å². The molecule has 0 spiro atoms. The summed E-state index contributed by atoms with van der Waals surface area (Å²) in [6.07, 6.45) is 4.47. The normalized spacial score (nSPS) is 22.2. The average molecular weight is 385 g/mol. The zero-order chi connectivity index (χ0) is 19.5. The molecule has 2 aliphatic rings. The van der Waals surface area contributed by atoms with E-state index in [2.05, 4.69) is 15.6 Å². The maximum atomic E-state index is 12.9. The SMILES string of the molecule is COc1ccc([C@@H]2[C@@H](C(=O)NCCn3ccnn3)OCC(=O)N2C2CC2)cc1. The van der Waals surface area contributed by atoms with Gasteiger partial charge < -0.3 is 19.7 Å². The number of morpholine rings is 1. The lowest BCUT2D eigenvalue weighted by Crippen LogP contribution is -2.55. The molecule has 0 unspecified atom stereocenters. The first-order valence-electron chi connectivity index (χ1n) is 9.36. The van der Waals surface area contributed by atoms with E-state index in [1.807, 2.05) is 29.2 Å². The van der Waals surface area contributed by atoms with Crippen molar-refractivity contribution >= 4 is 11.8 Å². The highest BCUT2D eigenvalue weighted by molar-refractivity contribution is 5.86. The van der Waals surface area contributed by atoms with Crippen LogP contribution < -0.4 is 10.1 Å². The van der Waals surface area contributed by atoms with Crippen LogP contribution in [0.25, 0.3) is 0 Å². The molecule has 1 saturated carbocycles. The summed E-state index contributed by atoms with van der Waals surface area (Å²) in [5, 5.41) is 10.5. The van der Waals surface area contributed by atoms with Gasteiger partial charge in [-0.25, -0.2) is 0 Å². The van der Waals surface area contributed by atoms with Crippen molar-refractivity contribution in [2.24, 2.45) is 0 Å². The van der Waals surface area contributed by atoms with E-state index in [4.69, 9.17) is 9.47 Å². The Morgan fingerprint density at radius 3 is 2.75 bits per heavy atom. The maximum absolute atomic E-state index is 12.9. The Kier molecular flexibility index (Phi) is 5.25. The van der Waals surface area contributed by atoms with Crippen LogP contribution in [0.2, 0.25) is 0 Å². The molecule has 2 aromatic rings. The zero-order valence-corrected chi connectivity index (χ0v) is 15.7. The lowest BCUT2D eigenvalue weighted by molar-refractivity contribution is -0.165. The highest BCUT2D eigenvalue weighted by Crippen LogP contribution is 2.39. The Hall–Kier alpha value is -2.94. The number of hydrogen-bond acceptors (Lipinski definition) is 6. The average Bonchev–Trinajstić information content (AvgIpc) is 3.42. The highest BCUT2D eigenvalue weighted by Gasteiger charge is 2.47. The molecule has 2 fully saturated rings. The molecule has 28 heavy (non-hydrogen) atoms. The van der Waals surface area contributed by atoms with Gasteiger partial charge in [-0.3, -0.25) is 14.3 Å². The predicted molar refractivity (Wildman–Crippen MR) is 98.4 cm³/mol. The minimum absolute atomic E-state index is 0.0741. The van der Waals surface area contributed by atoms with Gasteiger partial charge in [-0.2, -0.15) is 0 Å². The molecule has 1 N–H and O–H groups in total. The summed E-state index contributed by atoms with van der Waals surface area (Å²) in [6.45, 7) is 0.829. The van der Waals surface area contributed by atoms with Gasteiger partial charge in [0.25, 0.3) is 5.91 Å². The molecule has 0 bridgehead atoms. The van der Waals surface area contributed by atoms with Gasteiger partial charge in [0.2, 0.25) is 5.91 Å². The first-order valence-corrected chi connectivity index (χ1v) is 9.36. The number of rotatable bonds is 7. The first kappa shape index (κ1) is 18.4. The third-order valence-corrected chi connectivity index (χ3v) is 5.03. The van der Waals surface area contributed by atoms with Crippen molar-refractivity contribution < 1.29 is 19.1 Å². The number of aromatic nitrogens is 3. The van der Waals surface area contributed by atoms with E-state index in [1.54, 1.807) is 24.2 Å². The van der Waals surface area contributed by atoms with Crippen LogP contribution in [0.1, 0.15) is 24.4 Å². The summed E-state index contributed by atoms with van der Waals surface area (Å²) in [5.41, 5.74) is 0.858. The fourth-order valence-electron chi connectivity index (χ4n) is 3.51. The highest BCUT2D eigenvalue weighted by atomic mass is 16.5. The molecule has 0 radical (unpaired) electrons. The molecule has 2 amide bonds. The summed E-state index contributed by atoms with van der Waals surface area (Å²) in [4.78, 5) is 27.3. The van der Waals surface area contributed by atoms with Crippen LogP contribution in [0.3, 0.4) is 0 Å². The number of methoxy groups -OCH3 is 1. The molecule has 9 heteroatoms. The summed E-state index contributed by atoms with van der Waals surface area (Å²) >= 11 is 0. The van der Waals surface area contributed by atoms with Crippen LogP contribution in [-0.4, -0.2) is 64.1 Å². The molecule has 1 aliphatic heterocycles. The quantitative estimate of drug-likeness (QED) is 0.747. The smallest absolute Gasteiger partial charge is 0.251 e. The van der Waals surface area contributed by atoms with Crippen molar-refractivity contribution in [3.05, 3.63) is 42.2 Å². The van der Waals surface area contributed by atoms with Crippen LogP contribution >= 0.6 is 0 Å². The minimum atomic E-state index is -0.762. The second kappa shape index (κ2) is 7.97. The van der Waals surface area contributed by atoms with Gasteiger partial charge in [0.1, 0.15) is 12.4 Å². The number of nitrogens with one attached hydrogen (secondary N) is 1. The molecular weight excluding hydrogens is 362 g/mol. The molecule has 148 valence electrons.